The van der Waals surface area contributed by atoms with Crippen molar-refractivity contribution in [1.82, 2.24) is 0 Å². The van der Waals surface area contributed by atoms with Gasteiger partial charge in [-0.3, -0.25) is 0 Å². The van der Waals surface area contributed by atoms with E-state index in [0.29, 0.717) is 6.54 Å². The molecule has 0 fully saturated rings. The van der Waals surface area contributed by atoms with Crippen LogP contribution in [0.1, 0.15) is 5.56 Å². The third-order valence-corrected chi connectivity index (χ3v) is 3.02. The minimum Gasteiger partial charge on any atom is -0.435 e. The first-order valence-corrected chi connectivity index (χ1v) is 6.46. The highest BCUT2D eigenvalue weighted by atomic mass is 79.9. The molecule has 0 unspecified atom stereocenters. The summed E-state index contributed by atoms with van der Waals surface area (Å²) in [7, 11) is 0. The molecule has 0 bridgehead atoms. The predicted octanol–water partition coefficient (Wildman–Crippen LogP) is 4.66. The van der Waals surface area contributed by atoms with Gasteiger partial charge in [-0.1, -0.05) is 28.1 Å². The Kier molecular flexibility index (Phi) is 4.74. The number of hydrogen-bond donors (Lipinski definition) is 1. The van der Waals surface area contributed by atoms with Crippen LogP contribution < -0.4 is 10.1 Å². The molecule has 0 saturated carbocycles. The lowest BCUT2D eigenvalue weighted by atomic mass is 10.2. The van der Waals surface area contributed by atoms with E-state index in [1.165, 1.54) is 12.1 Å². The Morgan fingerprint density at radius 3 is 2.21 bits per heavy atom. The normalized spacial score (nSPS) is 10.5. The molecule has 0 aromatic heterocycles. The monoisotopic (exact) mass is 327 g/mol. The molecule has 0 amide bonds. The number of nitrogens with one attached hydrogen (secondary N) is 1. The number of benzene rings is 2. The van der Waals surface area contributed by atoms with Gasteiger partial charge in [-0.25, -0.2) is 0 Å². The quantitative estimate of drug-likeness (QED) is 0.862. The largest absolute Gasteiger partial charge is 0.435 e. The molecular weight excluding hydrogens is 316 g/mol. The molecule has 0 spiro atoms. The van der Waals surface area contributed by atoms with Gasteiger partial charge < -0.3 is 10.1 Å². The van der Waals surface area contributed by atoms with Crippen LogP contribution in [0.3, 0.4) is 0 Å². The summed E-state index contributed by atoms with van der Waals surface area (Å²) in [6.45, 7) is -2.16. The van der Waals surface area contributed by atoms with E-state index in [9.17, 15) is 8.78 Å². The van der Waals surface area contributed by atoms with E-state index in [4.69, 9.17) is 0 Å². The minimum absolute atomic E-state index is 0.169. The van der Waals surface area contributed by atoms with Gasteiger partial charge in [0.1, 0.15) is 5.75 Å². The summed E-state index contributed by atoms with van der Waals surface area (Å²) in [6.07, 6.45) is 0. The summed E-state index contributed by atoms with van der Waals surface area (Å²) >= 11 is 3.37. The first-order valence-electron chi connectivity index (χ1n) is 5.67. The van der Waals surface area contributed by atoms with Gasteiger partial charge in [0.2, 0.25) is 0 Å². The van der Waals surface area contributed by atoms with Gasteiger partial charge >= 0.3 is 6.61 Å². The Balaban J connectivity index is 1.91. The Labute approximate surface area is 118 Å². The van der Waals surface area contributed by atoms with Crippen LogP contribution >= 0.6 is 15.9 Å². The van der Waals surface area contributed by atoms with E-state index in [1.54, 1.807) is 12.1 Å². The number of halogens is 3. The Morgan fingerprint density at radius 2 is 1.63 bits per heavy atom. The molecule has 2 rings (SSSR count). The second-order valence-corrected chi connectivity index (χ2v) is 4.80. The number of anilines is 1. The van der Waals surface area contributed by atoms with Gasteiger partial charge in [0.15, 0.2) is 0 Å². The second-order valence-electron chi connectivity index (χ2n) is 3.88. The Morgan fingerprint density at radius 1 is 1.00 bits per heavy atom. The molecule has 1 N–H and O–H groups in total. The highest BCUT2D eigenvalue weighted by Crippen LogP contribution is 2.17. The van der Waals surface area contributed by atoms with Gasteiger partial charge in [-0.2, -0.15) is 8.78 Å². The number of hydrogen-bond acceptors (Lipinski definition) is 2. The SMILES string of the molecule is FC(F)Oc1ccc(CNc2ccc(Br)cc2)cc1. The third-order valence-electron chi connectivity index (χ3n) is 2.49. The first-order chi connectivity index (χ1) is 9.13. The van der Waals surface area contributed by atoms with E-state index in [1.807, 2.05) is 24.3 Å². The average Bonchev–Trinajstić information content (AvgIpc) is 2.39. The topological polar surface area (TPSA) is 21.3 Å². The van der Waals surface area contributed by atoms with E-state index in [0.717, 1.165) is 15.7 Å². The summed E-state index contributed by atoms with van der Waals surface area (Å²) in [5.41, 5.74) is 1.99. The molecule has 0 atom stereocenters. The summed E-state index contributed by atoms with van der Waals surface area (Å²) in [5, 5.41) is 3.24. The zero-order chi connectivity index (χ0) is 13.7. The fraction of sp³-hybridized carbons (Fsp3) is 0.143. The molecule has 100 valence electrons. The van der Waals surface area contributed by atoms with Gasteiger partial charge in [0.05, 0.1) is 0 Å². The fourth-order valence-electron chi connectivity index (χ4n) is 1.56. The van der Waals surface area contributed by atoms with Gasteiger partial charge in [0, 0.05) is 16.7 Å². The van der Waals surface area contributed by atoms with Crippen molar-refractivity contribution in [2.24, 2.45) is 0 Å². The minimum atomic E-state index is -2.79. The average molecular weight is 328 g/mol. The van der Waals surface area contributed by atoms with E-state index in [-0.39, 0.29) is 5.75 Å². The van der Waals surface area contributed by atoms with Crippen LogP contribution in [0.4, 0.5) is 14.5 Å². The van der Waals surface area contributed by atoms with Crippen molar-refractivity contribution in [2.75, 3.05) is 5.32 Å². The van der Waals surface area contributed by atoms with Crippen LogP contribution in [0.5, 0.6) is 5.75 Å². The molecule has 0 aliphatic heterocycles. The lowest BCUT2D eigenvalue weighted by Crippen LogP contribution is -2.02. The summed E-state index contributed by atoms with van der Waals surface area (Å²) in [5.74, 6) is 0.169. The van der Waals surface area contributed by atoms with E-state index in [2.05, 4.69) is 26.0 Å². The highest BCUT2D eigenvalue weighted by molar-refractivity contribution is 9.10. The van der Waals surface area contributed by atoms with Gasteiger partial charge in [0.25, 0.3) is 0 Å². The lowest BCUT2D eigenvalue weighted by Gasteiger charge is -2.08. The number of ether oxygens (including phenoxy) is 1. The third kappa shape index (κ3) is 4.52. The van der Waals surface area contributed by atoms with Crippen LogP contribution in [0.15, 0.2) is 53.0 Å². The van der Waals surface area contributed by atoms with Gasteiger partial charge in [-0.15, -0.1) is 0 Å². The molecule has 0 aliphatic carbocycles. The maximum atomic E-state index is 12.0. The second kappa shape index (κ2) is 6.52. The van der Waals surface area contributed by atoms with Crippen LogP contribution in [0.25, 0.3) is 0 Å². The number of alkyl halides is 2. The Hall–Kier alpha value is -1.62. The van der Waals surface area contributed by atoms with Crippen molar-refractivity contribution in [1.29, 1.82) is 0 Å². The summed E-state index contributed by atoms with van der Waals surface area (Å²) in [4.78, 5) is 0. The predicted molar refractivity (Wildman–Crippen MR) is 74.5 cm³/mol. The molecule has 5 heteroatoms. The van der Waals surface area contributed by atoms with Crippen molar-refractivity contribution >= 4 is 21.6 Å². The molecule has 2 aromatic carbocycles. The zero-order valence-electron chi connectivity index (χ0n) is 9.95. The van der Waals surface area contributed by atoms with Crippen molar-refractivity contribution in [3.8, 4) is 5.75 Å². The summed E-state index contributed by atoms with van der Waals surface area (Å²) < 4.78 is 29.3. The molecule has 0 aliphatic rings. The smallest absolute Gasteiger partial charge is 0.387 e. The lowest BCUT2D eigenvalue weighted by molar-refractivity contribution is -0.0498. The maximum absolute atomic E-state index is 12.0. The van der Waals surface area contributed by atoms with Crippen molar-refractivity contribution in [3.63, 3.8) is 0 Å². The van der Waals surface area contributed by atoms with Crippen molar-refractivity contribution in [2.45, 2.75) is 13.2 Å². The van der Waals surface area contributed by atoms with Crippen molar-refractivity contribution < 1.29 is 13.5 Å². The highest BCUT2D eigenvalue weighted by Gasteiger charge is 2.03. The zero-order valence-corrected chi connectivity index (χ0v) is 11.5. The van der Waals surface area contributed by atoms with Crippen LogP contribution in [0, 0.1) is 0 Å². The van der Waals surface area contributed by atoms with Crippen molar-refractivity contribution in [3.05, 3.63) is 58.6 Å². The standard InChI is InChI=1S/C14H12BrF2NO/c15-11-3-5-12(6-4-11)18-9-10-1-7-13(8-2-10)19-14(16)17/h1-8,14,18H,9H2. The number of rotatable bonds is 5. The molecule has 0 heterocycles. The molecule has 2 aromatic rings. The van der Waals surface area contributed by atoms with Crippen LogP contribution in [0.2, 0.25) is 0 Å². The van der Waals surface area contributed by atoms with E-state index >= 15 is 0 Å². The fourth-order valence-corrected chi connectivity index (χ4v) is 1.82. The molecule has 0 radical (unpaired) electrons. The maximum Gasteiger partial charge on any atom is 0.387 e. The Bertz CT molecular complexity index is 514. The first kappa shape index (κ1) is 13.8. The van der Waals surface area contributed by atoms with Crippen LogP contribution in [-0.4, -0.2) is 6.61 Å². The molecule has 2 nitrogen and oxygen atoms in total. The molecular formula is C14H12BrF2NO. The molecule has 0 saturated heterocycles. The van der Waals surface area contributed by atoms with Crippen LogP contribution in [-0.2, 0) is 6.54 Å². The molecule has 19 heavy (non-hydrogen) atoms. The van der Waals surface area contributed by atoms with E-state index < -0.39 is 6.61 Å². The van der Waals surface area contributed by atoms with Gasteiger partial charge in [-0.05, 0) is 42.0 Å². The summed E-state index contributed by atoms with van der Waals surface area (Å²) in [6, 6.07) is 14.4.